The Bertz CT molecular complexity index is 2940. The fourth-order valence-corrected chi connectivity index (χ4v) is 7.90. The van der Waals surface area contributed by atoms with Crippen LogP contribution in [0.4, 0.5) is 0 Å². The first-order chi connectivity index (χ1) is 29.4. The van der Waals surface area contributed by atoms with Crippen molar-refractivity contribution in [2.75, 3.05) is 0 Å². The van der Waals surface area contributed by atoms with Gasteiger partial charge in [-0.15, -0.1) is 48.0 Å². The average molecular weight is 968 g/mol. The van der Waals surface area contributed by atoms with Crippen molar-refractivity contribution in [2.45, 2.75) is 39.5 Å². The summed E-state index contributed by atoms with van der Waals surface area (Å²) in [7, 11) is 0. The SMILES string of the molecule is CC(C)c1cc(-c2ccccc2)cc(C(C)C)c1-n1c(-c2[c-]c3cc(-c4ccccc4)oc3c(-c3ccccc3)c2)nc2ccccc21.[Ir].[c-]1ccccc1-c1ccccn1. The van der Waals surface area contributed by atoms with Gasteiger partial charge in [-0.1, -0.05) is 160 Å². The second-order valence-corrected chi connectivity index (χ2v) is 15.6. The van der Waals surface area contributed by atoms with E-state index in [1.807, 2.05) is 66.7 Å². The minimum absolute atomic E-state index is 0. The van der Waals surface area contributed by atoms with Gasteiger partial charge in [0.2, 0.25) is 0 Å². The summed E-state index contributed by atoms with van der Waals surface area (Å²) < 4.78 is 8.99. The molecule has 10 rings (SSSR count). The molecule has 0 aliphatic heterocycles. The van der Waals surface area contributed by atoms with Crippen LogP contribution < -0.4 is 0 Å². The van der Waals surface area contributed by atoms with Crippen molar-refractivity contribution in [1.82, 2.24) is 14.5 Å². The summed E-state index contributed by atoms with van der Waals surface area (Å²) in [6.07, 6.45) is 1.79. The standard InChI is InChI=1S/C45H37N2O.C11H8N.Ir/c1-29(2)37-25-34(31-16-8-5-9-17-31)26-38(30(3)4)43(37)47-41-23-15-14-22-40(41)46-45(47)36-24-35-28-42(33-20-12-7-13-21-33)48-44(35)39(27-36)32-18-10-6-11-19-32;1-2-6-10(7-3-1)11-8-4-5-9-12-11;/h5-23,25-30H,1-4H3;1-6,8-9H;/q2*-1;. The summed E-state index contributed by atoms with van der Waals surface area (Å²) in [5.41, 5.74) is 15.2. The van der Waals surface area contributed by atoms with Crippen LogP contribution in [-0.2, 0) is 20.1 Å². The van der Waals surface area contributed by atoms with Crippen LogP contribution in [-0.4, -0.2) is 14.5 Å². The number of para-hydroxylation sites is 2. The van der Waals surface area contributed by atoms with E-state index >= 15 is 0 Å². The van der Waals surface area contributed by atoms with Crippen molar-refractivity contribution in [3.05, 3.63) is 211 Å². The number of benzene rings is 7. The molecule has 4 nitrogen and oxygen atoms in total. The van der Waals surface area contributed by atoms with Gasteiger partial charge in [-0.2, -0.15) is 0 Å². The van der Waals surface area contributed by atoms with Gasteiger partial charge in [-0.3, -0.25) is 4.98 Å². The molecule has 0 unspecified atom stereocenters. The molecule has 0 saturated carbocycles. The normalized spacial score (nSPS) is 11.1. The first-order valence-corrected chi connectivity index (χ1v) is 20.6. The maximum absolute atomic E-state index is 6.60. The molecule has 0 aliphatic rings. The first-order valence-electron chi connectivity index (χ1n) is 20.6. The van der Waals surface area contributed by atoms with Crippen molar-refractivity contribution >= 4 is 22.0 Å². The van der Waals surface area contributed by atoms with Crippen LogP contribution in [0.25, 0.3) is 83.9 Å². The number of furan rings is 1. The summed E-state index contributed by atoms with van der Waals surface area (Å²) in [6, 6.07) is 69.6. The van der Waals surface area contributed by atoms with Crippen LogP contribution in [0.2, 0.25) is 0 Å². The molecular weight excluding hydrogens is 923 g/mol. The topological polar surface area (TPSA) is 43.9 Å². The Hall–Kier alpha value is -6.65. The zero-order valence-corrected chi connectivity index (χ0v) is 37.0. The number of imidazole rings is 1. The van der Waals surface area contributed by atoms with E-state index in [1.54, 1.807) is 6.20 Å². The fraction of sp³-hybridized carbons (Fsp3) is 0.107. The van der Waals surface area contributed by atoms with Gasteiger partial charge in [0.1, 0.15) is 0 Å². The van der Waals surface area contributed by atoms with Crippen LogP contribution in [0.5, 0.6) is 0 Å². The quantitative estimate of drug-likeness (QED) is 0.143. The smallest absolute Gasteiger partial charge is 0.0914 e. The molecule has 3 heterocycles. The van der Waals surface area contributed by atoms with Crippen molar-refractivity contribution in [3.8, 4) is 61.9 Å². The van der Waals surface area contributed by atoms with Crippen LogP contribution in [0.3, 0.4) is 0 Å². The van der Waals surface area contributed by atoms with Gasteiger partial charge < -0.3 is 14.0 Å². The number of rotatable bonds is 8. The zero-order valence-electron chi connectivity index (χ0n) is 34.6. The molecule has 0 aliphatic carbocycles. The van der Waals surface area contributed by atoms with Crippen molar-refractivity contribution in [3.63, 3.8) is 0 Å². The molecular formula is C56H45IrN3O-2. The summed E-state index contributed by atoms with van der Waals surface area (Å²) in [5, 5.41) is 0.927. The Morgan fingerprint density at radius 1 is 0.557 bits per heavy atom. The first kappa shape index (κ1) is 41.1. The monoisotopic (exact) mass is 968 g/mol. The minimum Gasteiger partial charge on any atom is -0.499 e. The summed E-state index contributed by atoms with van der Waals surface area (Å²) in [4.78, 5) is 9.57. The molecule has 7 aromatic carbocycles. The number of nitrogens with zero attached hydrogens (tertiary/aromatic N) is 3. The molecule has 61 heavy (non-hydrogen) atoms. The van der Waals surface area contributed by atoms with Crippen LogP contribution >= 0.6 is 0 Å². The fourth-order valence-electron chi connectivity index (χ4n) is 7.90. The largest absolute Gasteiger partial charge is 0.499 e. The number of hydrogen-bond acceptors (Lipinski definition) is 3. The molecule has 10 aromatic rings. The third-order valence-corrected chi connectivity index (χ3v) is 10.9. The maximum Gasteiger partial charge on any atom is 0.0914 e. The van der Waals surface area contributed by atoms with Crippen molar-refractivity contribution in [1.29, 1.82) is 0 Å². The van der Waals surface area contributed by atoms with Gasteiger partial charge in [-0.25, -0.2) is 0 Å². The van der Waals surface area contributed by atoms with E-state index in [1.165, 1.54) is 27.9 Å². The number of pyridine rings is 1. The van der Waals surface area contributed by atoms with E-state index in [0.29, 0.717) is 0 Å². The molecule has 0 saturated heterocycles. The van der Waals surface area contributed by atoms with Gasteiger partial charge >= 0.3 is 0 Å². The average Bonchev–Trinajstić information content (AvgIpc) is 3.92. The Morgan fingerprint density at radius 3 is 1.79 bits per heavy atom. The van der Waals surface area contributed by atoms with E-state index in [9.17, 15) is 0 Å². The van der Waals surface area contributed by atoms with Crippen LogP contribution in [0.1, 0.15) is 50.7 Å². The molecule has 0 spiro atoms. The Labute approximate surface area is 372 Å². The number of hydrogen-bond donors (Lipinski definition) is 0. The summed E-state index contributed by atoms with van der Waals surface area (Å²) >= 11 is 0. The third-order valence-electron chi connectivity index (χ3n) is 10.9. The van der Waals surface area contributed by atoms with Crippen molar-refractivity contribution in [2.24, 2.45) is 0 Å². The molecule has 0 N–H and O–H groups in total. The zero-order chi connectivity index (χ0) is 41.0. The van der Waals surface area contributed by atoms with Crippen molar-refractivity contribution < 1.29 is 24.5 Å². The number of aromatic nitrogens is 3. The van der Waals surface area contributed by atoms with E-state index in [-0.39, 0.29) is 31.9 Å². The maximum atomic E-state index is 6.60. The van der Waals surface area contributed by atoms with Gasteiger partial charge in [0.25, 0.3) is 0 Å². The molecule has 0 bridgehead atoms. The summed E-state index contributed by atoms with van der Waals surface area (Å²) in [6.45, 7) is 9.16. The Morgan fingerprint density at radius 2 is 1.16 bits per heavy atom. The molecule has 0 fully saturated rings. The van der Waals surface area contributed by atoms with Gasteiger partial charge in [0, 0.05) is 37.6 Å². The predicted octanol–water partition coefficient (Wildman–Crippen LogP) is 15.0. The molecule has 0 amide bonds. The summed E-state index contributed by atoms with van der Waals surface area (Å²) in [5.74, 6) is 2.26. The molecule has 5 heteroatoms. The Kier molecular flexibility index (Phi) is 12.3. The van der Waals surface area contributed by atoms with E-state index in [0.717, 1.165) is 67.1 Å². The minimum atomic E-state index is 0. The Balaban J connectivity index is 0.000000340. The van der Waals surface area contributed by atoms with E-state index in [4.69, 9.17) is 9.40 Å². The van der Waals surface area contributed by atoms with Gasteiger partial charge in [-0.05, 0) is 81.2 Å². The molecule has 0 atom stereocenters. The third kappa shape index (κ3) is 8.54. The second kappa shape index (κ2) is 18.3. The van der Waals surface area contributed by atoms with Gasteiger partial charge in [0.05, 0.1) is 28.2 Å². The molecule has 3 aromatic heterocycles. The number of fused-ring (bicyclic) bond motifs is 2. The van der Waals surface area contributed by atoms with Gasteiger partial charge in [0.15, 0.2) is 0 Å². The van der Waals surface area contributed by atoms with Crippen LogP contribution in [0.15, 0.2) is 193 Å². The van der Waals surface area contributed by atoms with E-state index < -0.39 is 0 Å². The molecule has 301 valence electrons. The van der Waals surface area contributed by atoms with E-state index in [2.05, 4.69) is 165 Å². The van der Waals surface area contributed by atoms with Crippen LogP contribution in [0, 0.1) is 12.1 Å². The second-order valence-electron chi connectivity index (χ2n) is 15.6. The predicted molar refractivity (Wildman–Crippen MR) is 248 cm³/mol. The molecule has 1 radical (unpaired) electrons.